The predicted molar refractivity (Wildman–Crippen MR) is 113 cm³/mol. The van der Waals surface area contributed by atoms with Gasteiger partial charge in [0.2, 0.25) is 0 Å². The molecular formula is C22H23N5O. The Balaban J connectivity index is 1.54. The summed E-state index contributed by atoms with van der Waals surface area (Å²) in [6.45, 7) is 3.97. The molecule has 1 aliphatic heterocycles. The third-order valence-electron chi connectivity index (χ3n) is 4.87. The molecule has 0 radical (unpaired) electrons. The minimum absolute atomic E-state index is 0.273. The van der Waals surface area contributed by atoms with E-state index >= 15 is 0 Å². The number of carbonyl (C=O) groups is 1. The molecule has 0 saturated carbocycles. The van der Waals surface area contributed by atoms with Crippen molar-refractivity contribution in [2.45, 2.75) is 19.8 Å². The summed E-state index contributed by atoms with van der Waals surface area (Å²) >= 11 is 0. The van der Waals surface area contributed by atoms with Gasteiger partial charge < -0.3 is 15.5 Å². The zero-order chi connectivity index (χ0) is 19.3. The maximum Gasteiger partial charge on any atom is 0.323 e. The van der Waals surface area contributed by atoms with Crippen LogP contribution in [0.3, 0.4) is 0 Å². The summed E-state index contributed by atoms with van der Waals surface area (Å²) in [7, 11) is 0. The molecule has 3 aromatic rings. The number of carbonyl (C=O) groups excluding carboxylic acids is 1. The van der Waals surface area contributed by atoms with Gasteiger partial charge in [0.1, 0.15) is 5.69 Å². The third-order valence-corrected chi connectivity index (χ3v) is 4.87. The molecule has 28 heavy (non-hydrogen) atoms. The Bertz CT molecular complexity index is 982. The van der Waals surface area contributed by atoms with Crippen LogP contribution in [0.4, 0.5) is 22.0 Å². The van der Waals surface area contributed by atoms with Gasteiger partial charge in [-0.25, -0.2) is 9.78 Å². The maximum absolute atomic E-state index is 12.4. The van der Waals surface area contributed by atoms with Crippen LogP contribution in [0, 0.1) is 6.92 Å². The first-order valence-electron chi connectivity index (χ1n) is 9.51. The highest BCUT2D eigenvalue weighted by Gasteiger charge is 2.19. The minimum Gasteiger partial charge on any atom is -0.355 e. The van der Waals surface area contributed by atoms with Crippen molar-refractivity contribution < 1.29 is 4.79 Å². The van der Waals surface area contributed by atoms with Gasteiger partial charge >= 0.3 is 6.03 Å². The van der Waals surface area contributed by atoms with Gasteiger partial charge in [-0.05, 0) is 43.5 Å². The van der Waals surface area contributed by atoms with Gasteiger partial charge in [-0.15, -0.1) is 0 Å². The molecule has 6 nitrogen and oxygen atoms in total. The topological polar surface area (TPSA) is 70.1 Å². The van der Waals surface area contributed by atoms with Crippen molar-refractivity contribution in [3.8, 4) is 11.3 Å². The number of aromatic nitrogens is 2. The predicted octanol–water partition coefficient (Wildman–Crippen LogP) is 4.70. The van der Waals surface area contributed by atoms with Crippen LogP contribution in [0.15, 0.2) is 60.9 Å². The highest BCUT2D eigenvalue weighted by Crippen LogP contribution is 2.30. The summed E-state index contributed by atoms with van der Waals surface area (Å²) in [5.41, 5.74) is 4.29. The van der Waals surface area contributed by atoms with Crippen molar-refractivity contribution in [1.29, 1.82) is 0 Å². The lowest BCUT2D eigenvalue weighted by molar-refractivity contribution is 0.262. The highest BCUT2D eigenvalue weighted by atomic mass is 16.2. The van der Waals surface area contributed by atoms with E-state index in [0.29, 0.717) is 5.69 Å². The Kier molecular flexibility index (Phi) is 5.19. The lowest BCUT2D eigenvalue weighted by atomic mass is 10.1. The second kappa shape index (κ2) is 8.08. The fourth-order valence-electron chi connectivity index (χ4n) is 3.44. The summed E-state index contributed by atoms with van der Waals surface area (Å²) in [5.74, 6) is 0.904. The Morgan fingerprint density at radius 3 is 2.57 bits per heavy atom. The van der Waals surface area contributed by atoms with E-state index in [2.05, 4.69) is 25.5 Å². The maximum atomic E-state index is 12.4. The number of urea groups is 1. The molecule has 0 unspecified atom stereocenters. The number of para-hydroxylation sites is 1. The van der Waals surface area contributed by atoms with E-state index in [0.717, 1.165) is 41.4 Å². The first-order valence-corrected chi connectivity index (χ1v) is 9.51. The summed E-state index contributed by atoms with van der Waals surface area (Å²) in [4.78, 5) is 23.8. The summed E-state index contributed by atoms with van der Waals surface area (Å²) < 4.78 is 0. The van der Waals surface area contributed by atoms with Crippen molar-refractivity contribution in [2.24, 2.45) is 0 Å². The number of aryl methyl sites for hydroxylation is 1. The van der Waals surface area contributed by atoms with Gasteiger partial charge in [-0.2, -0.15) is 0 Å². The van der Waals surface area contributed by atoms with E-state index in [1.54, 1.807) is 12.4 Å². The van der Waals surface area contributed by atoms with Crippen LogP contribution in [-0.4, -0.2) is 29.1 Å². The van der Waals surface area contributed by atoms with Crippen LogP contribution in [0.5, 0.6) is 0 Å². The van der Waals surface area contributed by atoms with Gasteiger partial charge in [0.15, 0.2) is 5.82 Å². The number of amides is 2. The van der Waals surface area contributed by atoms with E-state index in [-0.39, 0.29) is 6.03 Å². The molecule has 6 heteroatoms. The Labute approximate surface area is 164 Å². The van der Waals surface area contributed by atoms with Crippen LogP contribution < -0.4 is 15.5 Å². The summed E-state index contributed by atoms with van der Waals surface area (Å²) in [6.07, 6.45) is 5.79. The molecule has 142 valence electrons. The molecule has 2 N–H and O–H groups in total. The monoisotopic (exact) mass is 373 g/mol. The van der Waals surface area contributed by atoms with Gasteiger partial charge in [-0.1, -0.05) is 30.3 Å². The standard InChI is InChI=1S/C22H23N5O/c1-16-7-2-3-10-19(16)26-22(28)25-18-9-6-8-17(15-18)20-21(24-12-11-23-20)27-13-4-5-14-27/h2-3,6-12,15H,4-5,13-14H2,1H3,(H2,25,26,28). The van der Waals surface area contributed by atoms with Gasteiger partial charge in [0.25, 0.3) is 0 Å². The number of benzene rings is 2. The van der Waals surface area contributed by atoms with Crippen LogP contribution in [-0.2, 0) is 0 Å². The summed E-state index contributed by atoms with van der Waals surface area (Å²) in [5, 5.41) is 5.79. The fraction of sp³-hybridized carbons (Fsp3) is 0.227. The normalized spacial score (nSPS) is 13.4. The van der Waals surface area contributed by atoms with Crippen LogP contribution in [0.1, 0.15) is 18.4 Å². The quantitative estimate of drug-likeness (QED) is 0.696. The molecule has 0 spiro atoms. The van der Waals surface area contributed by atoms with E-state index in [9.17, 15) is 4.79 Å². The molecular weight excluding hydrogens is 350 g/mol. The van der Waals surface area contributed by atoms with Crippen molar-refractivity contribution in [3.05, 3.63) is 66.5 Å². The first kappa shape index (κ1) is 18.0. The second-order valence-corrected chi connectivity index (χ2v) is 6.90. The molecule has 0 aliphatic carbocycles. The zero-order valence-electron chi connectivity index (χ0n) is 15.9. The number of nitrogens with zero attached hydrogens (tertiary/aromatic N) is 3. The number of hydrogen-bond donors (Lipinski definition) is 2. The molecule has 1 saturated heterocycles. The molecule has 1 fully saturated rings. The minimum atomic E-state index is -0.273. The largest absolute Gasteiger partial charge is 0.355 e. The van der Waals surface area contributed by atoms with E-state index in [4.69, 9.17) is 0 Å². The molecule has 0 atom stereocenters. The summed E-state index contributed by atoms with van der Waals surface area (Å²) in [6, 6.07) is 15.1. The molecule has 1 aromatic heterocycles. The second-order valence-electron chi connectivity index (χ2n) is 6.90. The Morgan fingerprint density at radius 1 is 0.964 bits per heavy atom. The van der Waals surface area contributed by atoms with Crippen molar-refractivity contribution in [2.75, 3.05) is 28.6 Å². The van der Waals surface area contributed by atoms with E-state index in [1.165, 1.54) is 12.8 Å². The Hall–Kier alpha value is -3.41. The molecule has 2 heterocycles. The molecule has 2 amide bonds. The highest BCUT2D eigenvalue weighted by molar-refractivity contribution is 6.00. The molecule has 0 bridgehead atoms. The van der Waals surface area contributed by atoms with E-state index in [1.807, 2.05) is 55.5 Å². The zero-order valence-corrected chi connectivity index (χ0v) is 15.9. The smallest absolute Gasteiger partial charge is 0.323 e. The molecule has 4 rings (SSSR count). The SMILES string of the molecule is Cc1ccccc1NC(=O)Nc1cccc(-c2nccnc2N2CCCC2)c1. The molecule has 2 aromatic carbocycles. The van der Waals surface area contributed by atoms with Crippen LogP contribution in [0.2, 0.25) is 0 Å². The lowest BCUT2D eigenvalue weighted by Gasteiger charge is -2.19. The first-order chi connectivity index (χ1) is 13.7. The van der Waals surface area contributed by atoms with Crippen molar-refractivity contribution in [1.82, 2.24) is 9.97 Å². The van der Waals surface area contributed by atoms with Crippen molar-refractivity contribution in [3.63, 3.8) is 0 Å². The van der Waals surface area contributed by atoms with Gasteiger partial charge in [0.05, 0.1) is 0 Å². The van der Waals surface area contributed by atoms with Crippen LogP contribution in [0.25, 0.3) is 11.3 Å². The van der Waals surface area contributed by atoms with Crippen LogP contribution >= 0.6 is 0 Å². The lowest BCUT2D eigenvalue weighted by Crippen LogP contribution is -2.20. The molecule has 1 aliphatic rings. The number of anilines is 3. The Morgan fingerprint density at radius 2 is 1.75 bits per heavy atom. The third kappa shape index (κ3) is 3.96. The van der Waals surface area contributed by atoms with Gasteiger partial charge in [-0.3, -0.25) is 4.98 Å². The average Bonchev–Trinajstić information content (AvgIpc) is 3.25. The average molecular weight is 373 g/mol. The number of rotatable bonds is 4. The fourth-order valence-corrected chi connectivity index (χ4v) is 3.44. The number of nitrogens with one attached hydrogen (secondary N) is 2. The number of hydrogen-bond acceptors (Lipinski definition) is 4. The van der Waals surface area contributed by atoms with E-state index < -0.39 is 0 Å². The van der Waals surface area contributed by atoms with Gasteiger partial charge in [0, 0.05) is 42.4 Å². The van der Waals surface area contributed by atoms with Crippen molar-refractivity contribution >= 4 is 23.2 Å².